The van der Waals surface area contributed by atoms with Gasteiger partial charge in [-0.1, -0.05) is 23.7 Å². The fraction of sp³-hybridized carbons (Fsp3) is 0.500. The Morgan fingerprint density at radius 1 is 1.24 bits per heavy atom. The molecule has 1 fully saturated rings. The van der Waals surface area contributed by atoms with E-state index in [-0.39, 0.29) is 17.7 Å². The Morgan fingerprint density at radius 2 is 1.86 bits per heavy atom. The van der Waals surface area contributed by atoms with E-state index in [9.17, 15) is 9.59 Å². The van der Waals surface area contributed by atoms with Crippen molar-refractivity contribution in [3.63, 3.8) is 0 Å². The molecule has 2 rings (SSSR count). The van der Waals surface area contributed by atoms with E-state index < -0.39 is 5.97 Å². The molecule has 1 aliphatic carbocycles. The quantitative estimate of drug-likeness (QED) is 0.929. The maximum Gasteiger partial charge on any atom is 0.306 e. The van der Waals surface area contributed by atoms with E-state index in [1.807, 2.05) is 18.2 Å². The van der Waals surface area contributed by atoms with Crippen LogP contribution in [0.4, 0.5) is 0 Å². The van der Waals surface area contributed by atoms with Gasteiger partial charge in [0.1, 0.15) is 0 Å². The van der Waals surface area contributed by atoms with Gasteiger partial charge >= 0.3 is 5.97 Å². The van der Waals surface area contributed by atoms with Gasteiger partial charge in [-0.25, -0.2) is 0 Å². The van der Waals surface area contributed by atoms with Crippen molar-refractivity contribution in [2.24, 2.45) is 11.8 Å². The highest BCUT2D eigenvalue weighted by Gasteiger charge is 2.31. The summed E-state index contributed by atoms with van der Waals surface area (Å²) >= 11 is 5.94. The molecule has 4 nitrogen and oxygen atoms in total. The lowest BCUT2D eigenvalue weighted by molar-refractivity contribution is -0.145. The summed E-state index contributed by atoms with van der Waals surface area (Å²) in [6.07, 6.45) is 2.51. The summed E-state index contributed by atoms with van der Waals surface area (Å²) in [6, 6.07) is 7.47. The lowest BCUT2D eigenvalue weighted by atomic mass is 9.81. The molecule has 0 aliphatic heterocycles. The van der Waals surface area contributed by atoms with Crippen molar-refractivity contribution < 1.29 is 14.7 Å². The molecule has 1 saturated carbocycles. The second kappa shape index (κ2) is 6.94. The molecule has 0 aromatic heterocycles. The number of halogens is 1. The molecule has 1 aromatic carbocycles. The Labute approximate surface area is 129 Å². The molecule has 1 N–H and O–H groups in total. The number of benzene rings is 1. The number of carbonyl (C=O) groups is 2. The summed E-state index contributed by atoms with van der Waals surface area (Å²) in [6.45, 7) is 0.526. The van der Waals surface area contributed by atoms with Crippen LogP contribution in [0, 0.1) is 11.8 Å². The predicted molar refractivity (Wildman–Crippen MR) is 81.0 cm³/mol. The van der Waals surface area contributed by atoms with Gasteiger partial charge in [0.05, 0.1) is 5.92 Å². The zero-order valence-electron chi connectivity index (χ0n) is 12.1. The SMILES string of the molecule is CN(Cc1cccc(Cl)c1)C(=O)C1CCC(C(=O)O)CC1. The summed E-state index contributed by atoms with van der Waals surface area (Å²) in [5.41, 5.74) is 0.998. The highest BCUT2D eigenvalue weighted by Crippen LogP contribution is 2.30. The minimum absolute atomic E-state index is 0.0511. The third-order valence-electron chi connectivity index (χ3n) is 4.11. The first-order valence-corrected chi connectivity index (χ1v) is 7.57. The van der Waals surface area contributed by atoms with Crippen molar-refractivity contribution in [2.75, 3.05) is 7.05 Å². The molecule has 0 spiro atoms. The number of hydrogen-bond acceptors (Lipinski definition) is 2. The van der Waals surface area contributed by atoms with Gasteiger partial charge in [-0.2, -0.15) is 0 Å². The molecular weight excluding hydrogens is 290 g/mol. The first kappa shape index (κ1) is 15.8. The van der Waals surface area contributed by atoms with Crippen molar-refractivity contribution in [3.05, 3.63) is 34.9 Å². The average Bonchev–Trinajstić information content (AvgIpc) is 2.46. The van der Waals surface area contributed by atoms with Gasteiger partial charge in [0.15, 0.2) is 0 Å². The first-order chi connectivity index (χ1) is 9.97. The van der Waals surface area contributed by atoms with Crippen molar-refractivity contribution in [2.45, 2.75) is 32.2 Å². The Kier molecular flexibility index (Phi) is 5.23. The molecule has 0 saturated heterocycles. The number of rotatable bonds is 4. The molecule has 0 atom stereocenters. The Balaban J connectivity index is 1.90. The normalized spacial score (nSPS) is 21.8. The molecule has 0 radical (unpaired) electrons. The van der Waals surface area contributed by atoms with Crippen LogP contribution in [0.25, 0.3) is 0 Å². The van der Waals surface area contributed by atoms with Crippen molar-refractivity contribution in [1.29, 1.82) is 0 Å². The number of carbonyl (C=O) groups excluding carboxylic acids is 1. The predicted octanol–water partition coefficient (Wildman–Crippen LogP) is 3.19. The van der Waals surface area contributed by atoms with Crippen LogP contribution < -0.4 is 0 Å². The maximum absolute atomic E-state index is 12.4. The fourth-order valence-corrected chi connectivity index (χ4v) is 3.10. The Hall–Kier alpha value is -1.55. The summed E-state index contributed by atoms with van der Waals surface area (Å²) in [5, 5.41) is 9.65. The Morgan fingerprint density at radius 3 is 2.43 bits per heavy atom. The van der Waals surface area contributed by atoms with Crippen molar-refractivity contribution in [3.8, 4) is 0 Å². The maximum atomic E-state index is 12.4. The minimum Gasteiger partial charge on any atom is -0.481 e. The zero-order valence-corrected chi connectivity index (χ0v) is 12.8. The monoisotopic (exact) mass is 309 g/mol. The molecule has 1 amide bonds. The molecule has 1 aromatic rings. The lowest BCUT2D eigenvalue weighted by Gasteiger charge is -2.29. The van der Waals surface area contributed by atoms with Crippen molar-refractivity contribution >= 4 is 23.5 Å². The average molecular weight is 310 g/mol. The second-order valence-corrected chi connectivity index (χ2v) is 6.15. The summed E-state index contributed by atoms with van der Waals surface area (Å²) in [7, 11) is 1.78. The number of amides is 1. The number of carboxylic acid groups (broad SMARTS) is 1. The van der Waals surface area contributed by atoms with Gasteiger partial charge in [-0.15, -0.1) is 0 Å². The first-order valence-electron chi connectivity index (χ1n) is 7.19. The van der Waals surface area contributed by atoms with E-state index in [2.05, 4.69) is 0 Å². The van der Waals surface area contributed by atoms with Crippen LogP contribution in [0.2, 0.25) is 5.02 Å². The van der Waals surface area contributed by atoms with E-state index in [1.54, 1.807) is 18.0 Å². The third kappa shape index (κ3) is 4.21. The molecule has 0 heterocycles. The number of carboxylic acids is 1. The molecule has 1 aliphatic rings. The van der Waals surface area contributed by atoms with Crippen LogP contribution in [-0.2, 0) is 16.1 Å². The standard InChI is InChI=1S/C16H20ClNO3/c1-18(10-11-3-2-4-14(17)9-11)15(19)12-5-7-13(8-6-12)16(20)21/h2-4,9,12-13H,5-8,10H2,1H3,(H,20,21). The van der Waals surface area contributed by atoms with E-state index >= 15 is 0 Å². The summed E-state index contributed by atoms with van der Waals surface area (Å²) < 4.78 is 0. The third-order valence-corrected chi connectivity index (χ3v) is 4.35. The van der Waals surface area contributed by atoms with Crippen LogP contribution in [0.5, 0.6) is 0 Å². The van der Waals surface area contributed by atoms with Crippen LogP contribution in [0.1, 0.15) is 31.2 Å². The second-order valence-electron chi connectivity index (χ2n) is 5.71. The molecule has 21 heavy (non-hydrogen) atoms. The van der Waals surface area contributed by atoms with Gasteiger partial charge in [0.2, 0.25) is 5.91 Å². The van der Waals surface area contributed by atoms with E-state index in [0.717, 1.165) is 5.56 Å². The molecule has 114 valence electrons. The van der Waals surface area contributed by atoms with Crippen LogP contribution in [-0.4, -0.2) is 28.9 Å². The van der Waals surface area contributed by atoms with Gasteiger partial charge in [-0.3, -0.25) is 9.59 Å². The lowest BCUT2D eigenvalue weighted by Crippen LogP contribution is -2.35. The smallest absolute Gasteiger partial charge is 0.306 e. The molecule has 5 heteroatoms. The van der Waals surface area contributed by atoms with Gasteiger partial charge in [-0.05, 0) is 43.4 Å². The van der Waals surface area contributed by atoms with Crippen LogP contribution >= 0.6 is 11.6 Å². The molecular formula is C16H20ClNO3. The highest BCUT2D eigenvalue weighted by atomic mass is 35.5. The largest absolute Gasteiger partial charge is 0.481 e. The van der Waals surface area contributed by atoms with Gasteiger partial charge < -0.3 is 10.0 Å². The van der Waals surface area contributed by atoms with Gasteiger partial charge in [0.25, 0.3) is 0 Å². The van der Waals surface area contributed by atoms with Gasteiger partial charge in [0, 0.05) is 24.5 Å². The van der Waals surface area contributed by atoms with E-state index in [1.165, 1.54) is 0 Å². The molecule has 0 bridgehead atoms. The van der Waals surface area contributed by atoms with Crippen molar-refractivity contribution in [1.82, 2.24) is 4.90 Å². The minimum atomic E-state index is -0.742. The fourth-order valence-electron chi connectivity index (χ4n) is 2.89. The summed E-state index contributed by atoms with van der Waals surface area (Å²) in [4.78, 5) is 25.0. The van der Waals surface area contributed by atoms with E-state index in [0.29, 0.717) is 37.3 Å². The number of nitrogens with zero attached hydrogens (tertiary/aromatic N) is 1. The Bertz CT molecular complexity index is 524. The van der Waals surface area contributed by atoms with Crippen LogP contribution in [0.3, 0.4) is 0 Å². The zero-order chi connectivity index (χ0) is 15.4. The topological polar surface area (TPSA) is 57.6 Å². The van der Waals surface area contributed by atoms with Crippen LogP contribution in [0.15, 0.2) is 24.3 Å². The number of hydrogen-bond donors (Lipinski definition) is 1. The number of aliphatic carboxylic acids is 1. The van der Waals surface area contributed by atoms with E-state index in [4.69, 9.17) is 16.7 Å². The molecule has 0 unspecified atom stereocenters. The summed E-state index contributed by atoms with van der Waals surface area (Å²) in [5.74, 6) is -0.982. The highest BCUT2D eigenvalue weighted by molar-refractivity contribution is 6.30.